The number of pyridine rings is 1. The van der Waals surface area contributed by atoms with Crippen LogP contribution >= 0.6 is 0 Å². The van der Waals surface area contributed by atoms with Gasteiger partial charge in [-0.15, -0.1) is 0 Å². The predicted octanol–water partition coefficient (Wildman–Crippen LogP) is 3.21. The van der Waals surface area contributed by atoms with Gasteiger partial charge in [0, 0.05) is 5.69 Å². The molecular weight excluding hydrogens is 236 g/mol. The van der Waals surface area contributed by atoms with Crippen molar-refractivity contribution in [2.75, 3.05) is 0 Å². The first kappa shape index (κ1) is 12.4. The first-order valence-electron chi connectivity index (χ1n) is 5.43. The zero-order valence-electron chi connectivity index (χ0n) is 10.00. The Labute approximate surface area is 103 Å². The van der Waals surface area contributed by atoms with Gasteiger partial charge in [0.05, 0.1) is 5.56 Å². The second-order valence-electron chi connectivity index (χ2n) is 4.05. The van der Waals surface area contributed by atoms with E-state index >= 15 is 0 Å². The molecule has 0 spiro atoms. The number of carbonyl (C=O) groups is 1. The van der Waals surface area contributed by atoms with Crippen molar-refractivity contribution in [3.63, 3.8) is 0 Å². The molecule has 0 radical (unpaired) electrons. The Morgan fingerprint density at radius 2 is 1.83 bits per heavy atom. The van der Waals surface area contributed by atoms with Gasteiger partial charge in [0.1, 0.15) is 17.3 Å². The van der Waals surface area contributed by atoms with Crippen molar-refractivity contribution in [1.29, 1.82) is 0 Å². The Hall–Kier alpha value is -2.10. The van der Waals surface area contributed by atoms with Crippen molar-refractivity contribution in [3.8, 4) is 0 Å². The normalized spacial score (nSPS) is 10.4. The van der Waals surface area contributed by atoms with Gasteiger partial charge in [-0.3, -0.25) is 4.79 Å². The monoisotopic (exact) mass is 247 g/mol. The number of aryl methyl sites for hydroxylation is 2. The predicted molar refractivity (Wildman–Crippen MR) is 63.5 cm³/mol. The van der Waals surface area contributed by atoms with E-state index in [1.54, 1.807) is 19.1 Å². The van der Waals surface area contributed by atoms with E-state index in [0.717, 1.165) is 6.07 Å². The van der Waals surface area contributed by atoms with Gasteiger partial charge in [-0.25, -0.2) is 13.8 Å². The van der Waals surface area contributed by atoms with Crippen molar-refractivity contribution in [3.05, 3.63) is 64.5 Å². The molecule has 2 aromatic rings. The first-order chi connectivity index (χ1) is 8.50. The molecule has 1 aromatic carbocycles. The fourth-order valence-corrected chi connectivity index (χ4v) is 1.66. The van der Waals surface area contributed by atoms with Gasteiger partial charge in [0.25, 0.3) is 0 Å². The number of halogens is 2. The second-order valence-corrected chi connectivity index (χ2v) is 4.05. The minimum absolute atomic E-state index is 0.0402. The lowest BCUT2D eigenvalue weighted by Crippen LogP contribution is -2.10. The summed E-state index contributed by atoms with van der Waals surface area (Å²) in [4.78, 5) is 16.0. The molecule has 2 nitrogen and oxygen atoms in total. The largest absolute Gasteiger partial charge is 0.287 e. The summed E-state index contributed by atoms with van der Waals surface area (Å²) in [6, 6.07) is 7.16. The minimum atomic E-state index is -0.869. The van der Waals surface area contributed by atoms with Gasteiger partial charge in [-0.1, -0.05) is 12.1 Å². The number of ketones is 1. The van der Waals surface area contributed by atoms with Crippen LogP contribution in [0.2, 0.25) is 0 Å². The van der Waals surface area contributed by atoms with Crippen LogP contribution in [0.3, 0.4) is 0 Å². The number of aromatic nitrogens is 1. The van der Waals surface area contributed by atoms with Crippen molar-refractivity contribution in [2.24, 2.45) is 0 Å². The molecule has 18 heavy (non-hydrogen) atoms. The fraction of sp³-hybridized carbons (Fsp3) is 0.143. The van der Waals surface area contributed by atoms with E-state index in [1.807, 2.05) is 0 Å². The van der Waals surface area contributed by atoms with Crippen molar-refractivity contribution in [1.82, 2.24) is 4.98 Å². The molecule has 92 valence electrons. The molecule has 0 aliphatic heterocycles. The van der Waals surface area contributed by atoms with Gasteiger partial charge in [0.15, 0.2) is 0 Å². The van der Waals surface area contributed by atoms with Crippen LogP contribution < -0.4 is 0 Å². The Bertz CT molecular complexity index is 623. The third-order valence-corrected chi connectivity index (χ3v) is 2.63. The van der Waals surface area contributed by atoms with Crippen molar-refractivity contribution >= 4 is 5.78 Å². The van der Waals surface area contributed by atoms with Crippen LogP contribution in [0.25, 0.3) is 0 Å². The van der Waals surface area contributed by atoms with Gasteiger partial charge in [-0.05, 0) is 37.6 Å². The van der Waals surface area contributed by atoms with Crippen LogP contribution in [0.15, 0.2) is 30.3 Å². The van der Waals surface area contributed by atoms with Crippen LogP contribution in [-0.2, 0) is 0 Å². The van der Waals surface area contributed by atoms with E-state index in [1.165, 1.54) is 19.1 Å². The van der Waals surface area contributed by atoms with Gasteiger partial charge < -0.3 is 0 Å². The molecule has 0 amide bonds. The van der Waals surface area contributed by atoms with E-state index < -0.39 is 23.0 Å². The average molecular weight is 247 g/mol. The summed E-state index contributed by atoms with van der Waals surface area (Å²) in [6.45, 7) is 3.19. The lowest BCUT2D eigenvalue weighted by Gasteiger charge is -2.06. The lowest BCUT2D eigenvalue weighted by atomic mass is 10.0. The van der Waals surface area contributed by atoms with Gasteiger partial charge in [-0.2, -0.15) is 0 Å². The smallest absolute Gasteiger partial charge is 0.217 e. The Morgan fingerprint density at radius 1 is 1.11 bits per heavy atom. The Morgan fingerprint density at radius 3 is 2.50 bits per heavy atom. The highest BCUT2D eigenvalue weighted by Crippen LogP contribution is 2.19. The molecule has 0 atom stereocenters. The van der Waals surface area contributed by atoms with Gasteiger partial charge in [0.2, 0.25) is 5.78 Å². The Balaban J connectivity index is 2.56. The standard InChI is InChI=1S/C14H11F2NO/c1-8-6-7-10(15)12(13(8)16)14(18)11-5-3-4-9(2)17-11/h3-7H,1-2H3. The van der Waals surface area contributed by atoms with E-state index in [2.05, 4.69) is 4.98 Å². The fourth-order valence-electron chi connectivity index (χ4n) is 1.66. The number of benzene rings is 1. The Kier molecular flexibility index (Phi) is 3.19. The summed E-state index contributed by atoms with van der Waals surface area (Å²) < 4.78 is 27.4. The zero-order valence-corrected chi connectivity index (χ0v) is 10.00. The number of rotatable bonds is 2. The highest BCUT2D eigenvalue weighted by molar-refractivity contribution is 6.08. The maximum absolute atomic E-state index is 13.8. The maximum Gasteiger partial charge on any atom is 0.217 e. The molecule has 1 heterocycles. The number of nitrogens with zero attached hydrogens (tertiary/aromatic N) is 1. The third kappa shape index (κ3) is 2.14. The molecule has 0 aliphatic rings. The molecule has 1 aromatic heterocycles. The molecule has 0 saturated heterocycles. The van der Waals surface area contributed by atoms with Crippen LogP contribution in [0, 0.1) is 25.5 Å². The molecule has 4 heteroatoms. The van der Waals surface area contributed by atoms with Crippen molar-refractivity contribution < 1.29 is 13.6 Å². The topological polar surface area (TPSA) is 30.0 Å². The number of hydrogen-bond acceptors (Lipinski definition) is 2. The molecule has 0 fully saturated rings. The van der Waals surface area contributed by atoms with Crippen molar-refractivity contribution in [2.45, 2.75) is 13.8 Å². The van der Waals surface area contributed by atoms with Crippen LogP contribution in [0.5, 0.6) is 0 Å². The van der Waals surface area contributed by atoms with E-state index in [0.29, 0.717) is 5.69 Å². The maximum atomic E-state index is 13.8. The summed E-state index contributed by atoms with van der Waals surface area (Å²) in [7, 11) is 0. The molecule has 0 bridgehead atoms. The van der Waals surface area contributed by atoms with E-state index in [4.69, 9.17) is 0 Å². The van der Waals surface area contributed by atoms with E-state index in [-0.39, 0.29) is 11.3 Å². The summed E-state index contributed by atoms with van der Waals surface area (Å²) in [6.07, 6.45) is 0. The average Bonchev–Trinajstić information content (AvgIpc) is 2.34. The SMILES string of the molecule is Cc1cccc(C(=O)c2c(F)ccc(C)c2F)n1. The molecule has 0 saturated carbocycles. The van der Waals surface area contributed by atoms with Crippen LogP contribution in [-0.4, -0.2) is 10.8 Å². The van der Waals surface area contributed by atoms with Gasteiger partial charge >= 0.3 is 0 Å². The third-order valence-electron chi connectivity index (χ3n) is 2.63. The molecule has 0 unspecified atom stereocenters. The minimum Gasteiger partial charge on any atom is -0.287 e. The van der Waals surface area contributed by atoms with Crippen LogP contribution in [0.4, 0.5) is 8.78 Å². The summed E-state index contributed by atoms with van der Waals surface area (Å²) in [5, 5.41) is 0. The molecule has 0 aliphatic carbocycles. The summed E-state index contributed by atoms with van der Waals surface area (Å²) in [5.74, 6) is -2.44. The van der Waals surface area contributed by atoms with E-state index in [9.17, 15) is 13.6 Å². The molecule has 2 rings (SSSR count). The second kappa shape index (κ2) is 4.64. The highest BCUT2D eigenvalue weighted by Gasteiger charge is 2.21. The summed E-state index contributed by atoms with van der Waals surface area (Å²) in [5.41, 5.74) is 0.341. The molecule has 0 N–H and O–H groups in total. The van der Waals surface area contributed by atoms with Crippen LogP contribution in [0.1, 0.15) is 27.3 Å². The number of carbonyl (C=O) groups excluding carboxylic acids is 1. The zero-order chi connectivity index (χ0) is 13.3. The summed E-state index contributed by atoms with van der Waals surface area (Å²) >= 11 is 0. The first-order valence-corrected chi connectivity index (χ1v) is 5.43. The highest BCUT2D eigenvalue weighted by atomic mass is 19.1. The quantitative estimate of drug-likeness (QED) is 0.763. The number of hydrogen-bond donors (Lipinski definition) is 0. The lowest BCUT2D eigenvalue weighted by molar-refractivity contribution is 0.102. The molecular formula is C14H11F2NO.